The van der Waals surface area contributed by atoms with Gasteiger partial charge in [-0.05, 0) is 35.1 Å². The number of carboxylic acid groups (broad SMARTS) is 1. The Kier molecular flexibility index (Phi) is 4.18. The van der Waals surface area contributed by atoms with Crippen molar-refractivity contribution in [3.05, 3.63) is 59.4 Å². The monoisotopic (exact) mass is 272 g/mol. The predicted octanol–water partition coefficient (Wildman–Crippen LogP) is 4.70. The van der Waals surface area contributed by atoms with Gasteiger partial charge in [-0.25, -0.2) is 9.18 Å². The van der Waals surface area contributed by atoms with E-state index in [2.05, 4.69) is 13.8 Å². The van der Waals surface area contributed by atoms with Gasteiger partial charge in [-0.3, -0.25) is 0 Å². The Morgan fingerprint density at radius 2 is 1.85 bits per heavy atom. The average molecular weight is 272 g/mol. The quantitative estimate of drug-likeness (QED) is 0.875. The summed E-state index contributed by atoms with van der Waals surface area (Å²) < 4.78 is 13.7. The number of halogens is 1. The fraction of sp³-hybridized carbons (Fsp3) is 0.235. The summed E-state index contributed by atoms with van der Waals surface area (Å²) in [5.41, 5.74) is 2.05. The highest BCUT2D eigenvalue weighted by Crippen LogP contribution is 2.28. The third kappa shape index (κ3) is 2.72. The van der Waals surface area contributed by atoms with E-state index in [1.807, 2.05) is 24.3 Å². The molecule has 0 bridgehead atoms. The molecule has 2 aromatic carbocycles. The Balaban J connectivity index is 2.47. The van der Waals surface area contributed by atoms with Crippen LogP contribution in [0.5, 0.6) is 0 Å². The molecule has 0 heterocycles. The van der Waals surface area contributed by atoms with Gasteiger partial charge in [0.2, 0.25) is 0 Å². The summed E-state index contributed by atoms with van der Waals surface area (Å²) in [7, 11) is 0. The molecule has 1 atom stereocenters. The molecular formula is C17H17FO2. The first kappa shape index (κ1) is 14.3. The Bertz CT molecular complexity index is 617. The van der Waals surface area contributed by atoms with E-state index in [1.54, 1.807) is 6.07 Å². The van der Waals surface area contributed by atoms with Crippen molar-refractivity contribution >= 4 is 5.97 Å². The van der Waals surface area contributed by atoms with Crippen molar-refractivity contribution in [2.45, 2.75) is 26.2 Å². The molecule has 0 aliphatic heterocycles. The van der Waals surface area contributed by atoms with Crippen LogP contribution in [0, 0.1) is 5.82 Å². The normalized spacial score (nSPS) is 12.2. The summed E-state index contributed by atoms with van der Waals surface area (Å²) >= 11 is 0. The first-order valence-corrected chi connectivity index (χ1v) is 6.66. The lowest BCUT2D eigenvalue weighted by Gasteiger charge is -2.11. The minimum atomic E-state index is -1.25. The number of benzene rings is 2. The highest BCUT2D eigenvalue weighted by molar-refractivity contribution is 5.96. The zero-order chi connectivity index (χ0) is 14.7. The molecule has 2 nitrogen and oxygen atoms in total. The van der Waals surface area contributed by atoms with Gasteiger partial charge in [-0.15, -0.1) is 0 Å². The van der Waals surface area contributed by atoms with Crippen LogP contribution in [0.1, 0.15) is 42.1 Å². The van der Waals surface area contributed by atoms with Gasteiger partial charge in [0.25, 0.3) is 0 Å². The minimum absolute atomic E-state index is 0.274. The van der Waals surface area contributed by atoms with Crippen LogP contribution in [-0.2, 0) is 0 Å². The molecule has 0 amide bonds. The van der Waals surface area contributed by atoms with Gasteiger partial charge in [0.05, 0.1) is 0 Å². The largest absolute Gasteiger partial charge is 0.478 e. The summed E-state index contributed by atoms with van der Waals surface area (Å²) in [4.78, 5) is 11.2. The number of aromatic carboxylic acids is 1. The number of hydrogen-bond acceptors (Lipinski definition) is 1. The second-order valence-electron chi connectivity index (χ2n) is 4.90. The minimum Gasteiger partial charge on any atom is -0.478 e. The molecular weight excluding hydrogens is 255 g/mol. The van der Waals surface area contributed by atoms with Crippen LogP contribution in [0.25, 0.3) is 11.1 Å². The van der Waals surface area contributed by atoms with E-state index >= 15 is 0 Å². The number of rotatable bonds is 4. The molecule has 0 aromatic heterocycles. The van der Waals surface area contributed by atoms with Gasteiger partial charge in [-0.1, -0.05) is 50.2 Å². The number of carbonyl (C=O) groups is 1. The van der Waals surface area contributed by atoms with Gasteiger partial charge in [-0.2, -0.15) is 0 Å². The molecule has 0 saturated carbocycles. The number of hydrogen-bond donors (Lipinski definition) is 1. The highest BCUT2D eigenvalue weighted by atomic mass is 19.1. The van der Waals surface area contributed by atoms with E-state index in [0.29, 0.717) is 17.0 Å². The van der Waals surface area contributed by atoms with Crippen LogP contribution in [0.3, 0.4) is 0 Å². The first-order chi connectivity index (χ1) is 9.54. The lowest BCUT2D eigenvalue weighted by atomic mass is 9.94. The zero-order valence-corrected chi connectivity index (χ0v) is 11.6. The Morgan fingerprint density at radius 1 is 1.20 bits per heavy atom. The molecule has 0 fully saturated rings. The standard InChI is InChI=1S/C17H17FO2/c1-3-11(2)12-7-9-13(10-8-12)14-5-4-6-15(18)16(14)17(19)20/h4-11H,3H2,1-2H3,(H,19,20). The summed E-state index contributed by atoms with van der Waals surface area (Å²) in [6.07, 6.45) is 1.04. The lowest BCUT2D eigenvalue weighted by Crippen LogP contribution is -2.03. The molecule has 104 valence electrons. The van der Waals surface area contributed by atoms with Gasteiger partial charge in [0.15, 0.2) is 0 Å². The van der Waals surface area contributed by atoms with Crippen molar-refractivity contribution in [3.63, 3.8) is 0 Å². The Morgan fingerprint density at radius 3 is 2.40 bits per heavy atom. The van der Waals surface area contributed by atoms with E-state index in [4.69, 9.17) is 5.11 Å². The molecule has 0 saturated heterocycles. The van der Waals surface area contributed by atoms with Crippen molar-refractivity contribution in [1.82, 2.24) is 0 Å². The molecule has 0 aliphatic carbocycles. The summed E-state index contributed by atoms with van der Waals surface area (Å²) in [6.45, 7) is 4.26. The van der Waals surface area contributed by atoms with Crippen LogP contribution in [-0.4, -0.2) is 11.1 Å². The Labute approximate surface area is 117 Å². The van der Waals surface area contributed by atoms with Crippen LogP contribution in [0.4, 0.5) is 4.39 Å². The molecule has 2 rings (SSSR count). The molecule has 0 spiro atoms. The maximum Gasteiger partial charge on any atom is 0.339 e. The molecule has 2 aromatic rings. The summed E-state index contributed by atoms with van der Waals surface area (Å²) in [5.74, 6) is -1.50. The van der Waals surface area contributed by atoms with Crippen LogP contribution in [0.15, 0.2) is 42.5 Å². The third-order valence-corrected chi connectivity index (χ3v) is 3.63. The molecule has 0 radical (unpaired) electrons. The van der Waals surface area contributed by atoms with E-state index in [1.165, 1.54) is 17.7 Å². The molecule has 1 unspecified atom stereocenters. The van der Waals surface area contributed by atoms with E-state index < -0.39 is 11.8 Å². The van der Waals surface area contributed by atoms with Crippen molar-refractivity contribution in [3.8, 4) is 11.1 Å². The van der Waals surface area contributed by atoms with E-state index in [-0.39, 0.29) is 5.56 Å². The second-order valence-corrected chi connectivity index (χ2v) is 4.90. The second kappa shape index (κ2) is 5.87. The Hall–Kier alpha value is -2.16. The van der Waals surface area contributed by atoms with Crippen molar-refractivity contribution in [2.75, 3.05) is 0 Å². The molecule has 1 N–H and O–H groups in total. The number of carboxylic acids is 1. The fourth-order valence-electron chi connectivity index (χ4n) is 2.21. The zero-order valence-electron chi connectivity index (χ0n) is 11.6. The first-order valence-electron chi connectivity index (χ1n) is 6.66. The van der Waals surface area contributed by atoms with Crippen molar-refractivity contribution < 1.29 is 14.3 Å². The van der Waals surface area contributed by atoms with Gasteiger partial charge in [0.1, 0.15) is 11.4 Å². The van der Waals surface area contributed by atoms with E-state index in [9.17, 15) is 9.18 Å². The van der Waals surface area contributed by atoms with Gasteiger partial charge < -0.3 is 5.11 Å². The third-order valence-electron chi connectivity index (χ3n) is 3.63. The van der Waals surface area contributed by atoms with Crippen molar-refractivity contribution in [1.29, 1.82) is 0 Å². The topological polar surface area (TPSA) is 37.3 Å². The van der Waals surface area contributed by atoms with Gasteiger partial charge >= 0.3 is 5.97 Å². The summed E-state index contributed by atoms with van der Waals surface area (Å²) in [6, 6.07) is 12.0. The smallest absolute Gasteiger partial charge is 0.339 e. The lowest BCUT2D eigenvalue weighted by molar-refractivity contribution is 0.0693. The molecule has 0 aliphatic rings. The average Bonchev–Trinajstić information content (AvgIpc) is 2.46. The SMILES string of the molecule is CCC(C)c1ccc(-c2cccc(F)c2C(=O)O)cc1. The van der Waals surface area contributed by atoms with Crippen LogP contribution in [0.2, 0.25) is 0 Å². The fourth-order valence-corrected chi connectivity index (χ4v) is 2.21. The molecule has 3 heteroatoms. The maximum absolute atomic E-state index is 13.7. The van der Waals surface area contributed by atoms with Crippen LogP contribution >= 0.6 is 0 Å². The van der Waals surface area contributed by atoms with Crippen LogP contribution < -0.4 is 0 Å². The van der Waals surface area contributed by atoms with Crippen molar-refractivity contribution in [2.24, 2.45) is 0 Å². The summed E-state index contributed by atoms with van der Waals surface area (Å²) in [5, 5.41) is 9.15. The van der Waals surface area contributed by atoms with E-state index in [0.717, 1.165) is 6.42 Å². The maximum atomic E-state index is 13.7. The van der Waals surface area contributed by atoms with Gasteiger partial charge in [0, 0.05) is 0 Å². The predicted molar refractivity (Wildman–Crippen MR) is 77.5 cm³/mol. The molecule has 20 heavy (non-hydrogen) atoms. The highest BCUT2D eigenvalue weighted by Gasteiger charge is 2.16.